The number of sulfone groups is 1. The molecular formula is C11H18N2O3S. The summed E-state index contributed by atoms with van der Waals surface area (Å²) in [6.07, 6.45) is 3.50. The average molecular weight is 258 g/mol. The summed E-state index contributed by atoms with van der Waals surface area (Å²) in [5, 5.41) is -0.317. The van der Waals surface area contributed by atoms with Crippen LogP contribution in [0.5, 0.6) is 0 Å². The van der Waals surface area contributed by atoms with Crippen molar-refractivity contribution in [1.29, 1.82) is 0 Å². The monoisotopic (exact) mass is 258 g/mol. The van der Waals surface area contributed by atoms with E-state index in [1.54, 1.807) is 6.20 Å². The van der Waals surface area contributed by atoms with Crippen molar-refractivity contribution in [2.75, 3.05) is 12.3 Å². The average Bonchev–Trinajstić information content (AvgIpc) is 2.86. The molecule has 1 aliphatic rings. The first-order chi connectivity index (χ1) is 8.03. The Hall–Kier alpha value is -0.880. The molecule has 0 aliphatic carbocycles. The summed E-state index contributed by atoms with van der Waals surface area (Å²) in [5.74, 6) is 1.66. The van der Waals surface area contributed by atoms with Crippen LogP contribution in [0.2, 0.25) is 0 Å². The van der Waals surface area contributed by atoms with Gasteiger partial charge in [-0.1, -0.05) is 6.92 Å². The molecular weight excluding hydrogens is 240 g/mol. The van der Waals surface area contributed by atoms with E-state index in [-0.39, 0.29) is 11.2 Å². The molecule has 2 heterocycles. The van der Waals surface area contributed by atoms with Crippen LogP contribution in [0.4, 0.5) is 0 Å². The largest absolute Gasteiger partial charge is 0.445 e. The molecule has 2 atom stereocenters. The third-order valence-electron chi connectivity index (χ3n) is 3.28. The van der Waals surface area contributed by atoms with Gasteiger partial charge in [-0.3, -0.25) is 0 Å². The van der Waals surface area contributed by atoms with E-state index >= 15 is 0 Å². The number of aromatic nitrogens is 1. The van der Waals surface area contributed by atoms with E-state index in [9.17, 15) is 8.42 Å². The molecule has 2 rings (SSSR count). The fraction of sp³-hybridized carbons (Fsp3) is 0.727. The summed E-state index contributed by atoms with van der Waals surface area (Å²) in [7, 11) is -2.93. The van der Waals surface area contributed by atoms with E-state index in [4.69, 9.17) is 10.2 Å². The summed E-state index contributed by atoms with van der Waals surface area (Å²) in [6, 6.07) is 0. The van der Waals surface area contributed by atoms with Crippen LogP contribution >= 0.6 is 0 Å². The molecule has 0 saturated carbocycles. The molecule has 1 aromatic rings. The second kappa shape index (κ2) is 4.78. The van der Waals surface area contributed by atoms with E-state index < -0.39 is 9.84 Å². The zero-order valence-corrected chi connectivity index (χ0v) is 10.7. The Morgan fingerprint density at radius 1 is 1.65 bits per heavy atom. The minimum Gasteiger partial charge on any atom is -0.445 e. The molecule has 5 nitrogen and oxygen atoms in total. The number of nitrogens with zero attached hydrogens (tertiary/aromatic N) is 1. The summed E-state index contributed by atoms with van der Waals surface area (Å²) < 4.78 is 28.9. The molecule has 96 valence electrons. The lowest BCUT2D eigenvalue weighted by Crippen LogP contribution is -2.18. The van der Waals surface area contributed by atoms with Crippen LogP contribution in [-0.4, -0.2) is 30.9 Å². The first-order valence-corrected chi connectivity index (χ1v) is 7.60. The van der Waals surface area contributed by atoms with E-state index in [1.807, 2.05) is 6.92 Å². The van der Waals surface area contributed by atoms with Crippen molar-refractivity contribution in [3.05, 3.63) is 17.8 Å². The molecule has 0 spiro atoms. The first kappa shape index (κ1) is 12.6. The van der Waals surface area contributed by atoms with Gasteiger partial charge in [0.25, 0.3) is 0 Å². The number of hydrogen-bond donors (Lipinski definition) is 1. The van der Waals surface area contributed by atoms with Crippen molar-refractivity contribution in [3.63, 3.8) is 0 Å². The Morgan fingerprint density at radius 3 is 3.00 bits per heavy atom. The van der Waals surface area contributed by atoms with Crippen LogP contribution in [0, 0.1) is 0 Å². The maximum Gasteiger partial charge on any atom is 0.195 e. The number of oxazole rings is 1. The highest BCUT2D eigenvalue weighted by atomic mass is 32.2. The zero-order chi connectivity index (χ0) is 12.5. The zero-order valence-electron chi connectivity index (χ0n) is 9.93. The van der Waals surface area contributed by atoms with E-state index in [0.29, 0.717) is 31.0 Å². The van der Waals surface area contributed by atoms with E-state index in [2.05, 4.69) is 4.98 Å². The third-order valence-corrected chi connectivity index (χ3v) is 5.55. The molecule has 2 N–H and O–H groups in total. The Morgan fingerprint density at radius 2 is 2.41 bits per heavy atom. The van der Waals surface area contributed by atoms with Gasteiger partial charge in [-0.05, 0) is 12.8 Å². The van der Waals surface area contributed by atoms with Crippen LogP contribution in [0.15, 0.2) is 10.6 Å². The van der Waals surface area contributed by atoms with Gasteiger partial charge in [0.05, 0.1) is 17.2 Å². The molecule has 0 bridgehead atoms. The van der Waals surface area contributed by atoms with Crippen molar-refractivity contribution in [1.82, 2.24) is 4.98 Å². The Kier molecular flexibility index (Phi) is 3.53. The van der Waals surface area contributed by atoms with Gasteiger partial charge in [-0.15, -0.1) is 0 Å². The molecule has 1 fully saturated rings. The fourth-order valence-electron chi connectivity index (χ4n) is 2.04. The molecule has 1 aliphatic heterocycles. The molecule has 6 heteroatoms. The molecule has 17 heavy (non-hydrogen) atoms. The van der Waals surface area contributed by atoms with Crippen LogP contribution in [0.3, 0.4) is 0 Å². The molecule has 0 aromatic carbocycles. The normalized spacial score (nSPS) is 24.9. The van der Waals surface area contributed by atoms with Crippen molar-refractivity contribution >= 4 is 9.84 Å². The smallest absolute Gasteiger partial charge is 0.195 e. The summed E-state index contributed by atoms with van der Waals surface area (Å²) in [4.78, 5) is 4.13. The van der Waals surface area contributed by atoms with Crippen molar-refractivity contribution < 1.29 is 12.8 Å². The SMILES string of the molecule is CC(CN)c1cnc(CC2CCCS2(=O)=O)o1. The molecule has 0 amide bonds. The number of rotatable bonds is 4. The van der Waals surface area contributed by atoms with Crippen molar-refractivity contribution in [3.8, 4) is 0 Å². The maximum atomic E-state index is 11.7. The van der Waals surface area contributed by atoms with Crippen molar-refractivity contribution in [2.45, 2.75) is 37.4 Å². The lowest BCUT2D eigenvalue weighted by Gasteiger charge is -2.06. The molecule has 1 aromatic heterocycles. The quantitative estimate of drug-likeness (QED) is 0.865. The van der Waals surface area contributed by atoms with Gasteiger partial charge in [0.1, 0.15) is 5.76 Å². The lowest BCUT2D eigenvalue weighted by molar-refractivity contribution is 0.427. The summed E-state index contributed by atoms with van der Waals surface area (Å²) in [6.45, 7) is 2.45. The molecule has 2 unspecified atom stereocenters. The van der Waals surface area contributed by atoms with Gasteiger partial charge < -0.3 is 10.2 Å². The Bertz CT molecular complexity index is 481. The van der Waals surface area contributed by atoms with Crippen LogP contribution < -0.4 is 5.73 Å². The van der Waals surface area contributed by atoms with E-state index in [1.165, 1.54) is 0 Å². The maximum absolute atomic E-state index is 11.7. The van der Waals surface area contributed by atoms with Gasteiger partial charge in [0, 0.05) is 18.9 Å². The highest BCUT2D eigenvalue weighted by molar-refractivity contribution is 7.92. The summed E-state index contributed by atoms with van der Waals surface area (Å²) >= 11 is 0. The van der Waals surface area contributed by atoms with E-state index in [0.717, 1.165) is 12.2 Å². The third kappa shape index (κ3) is 2.69. The van der Waals surface area contributed by atoms with Crippen molar-refractivity contribution in [2.24, 2.45) is 5.73 Å². The predicted molar refractivity (Wildman–Crippen MR) is 64.5 cm³/mol. The van der Waals surface area contributed by atoms with Gasteiger partial charge in [0.15, 0.2) is 15.7 Å². The number of nitrogens with two attached hydrogens (primary N) is 1. The Balaban J connectivity index is 2.07. The van der Waals surface area contributed by atoms with Crippen LogP contribution in [0.25, 0.3) is 0 Å². The fourth-order valence-corrected chi connectivity index (χ4v) is 3.87. The minimum atomic E-state index is -2.93. The highest BCUT2D eigenvalue weighted by Crippen LogP contribution is 2.24. The van der Waals surface area contributed by atoms with Gasteiger partial charge in [-0.25, -0.2) is 13.4 Å². The van der Waals surface area contributed by atoms with Crippen LogP contribution in [-0.2, 0) is 16.3 Å². The first-order valence-electron chi connectivity index (χ1n) is 5.89. The second-order valence-electron chi connectivity index (χ2n) is 4.63. The van der Waals surface area contributed by atoms with Gasteiger partial charge in [0.2, 0.25) is 0 Å². The molecule has 0 radical (unpaired) electrons. The summed E-state index contributed by atoms with van der Waals surface area (Å²) in [5.41, 5.74) is 5.54. The second-order valence-corrected chi connectivity index (χ2v) is 7.03. The topological polar surface area (TPSA) is 86.2 Å². The Labute approximate surface area is 101 Å². The molecule has 1 saturated heterocycles. The van der Waals surface area contributed by atoms with Gasteiger partial charge in [-0.2, -0.15) is 0 Å². The lowest BCUT2D eigenvalue weighted by atomic mass is 10.1. The minimum absolute atomic E-state index is 0.122. The standard InChI is InChI=1S/C11H18N2O3S/c1-8(6-12)10-7-13-11(16-10)5-9-3-2-4-17(9,14)15/h7-9H,2-6,12H2,1H3. The van der Waals surface area contributed by atoms with Gasteiger partial charge >= 0.3 is 0 Å². The highest BCUT2D eigenvalue weighted by Gasteiger charge is 2.32. The predicted octanol–water partition coefficient (Wildman–Crippen LogP) is 0.857. The number of hydrogen-bond acceptors (Lipinski definition) is 5. The van der Waals surface area contributed by atoms with Crippen LogP contribution in [0.1, 0.15) is 37.3 Å².